The van der Waals surface area contributed by atoms with E-state index in [4.69, 9.17) is 13.7 Å². The molecule has 0 aliphatic heterocycles. The van der Waals surface area contributed by atoms with E-state index in [0.29, 0.717) is 0 Å². The molecule has 0 N–H and O–H groups in total. The molecule has 0 heterocycles. The molecule has 1 rings (SSSR count). The SMILES string of the molecule is N#Cc1ccccc1F.O=S(=O)(Cl)Cl. The summed E-state index contributed by atoms with van der Waals surface area (Å²) in [5.74, 6) is -0.458. The molecule has 14 heavy (non-hydrogen) atoms. The summed E-state index contributed by atoms with van der Waals surface area (Å²) in [4.78, 5) is 0. The summed E-state index contributed by atoms with van der Waals surface area (Å²) in [7, 11) is 4.81. The van der Waals surface area contributed by atoms with Crippen molar-refractivity contribution in [2.45, 2.75) is 0 Å². The molecule has 0 radical (unpaired) electrons. The predicted molar refractivity (Wildman–Crippen MR) is 51.7 cm³/mol. The van der Waals surface area contributed by atoms with Crippen molar-refractivity contribution >= 4 is 29.6 Å². The lowest BCUT2D eigenvalue weighted by Gasteiger charge is -1.86. The largest absolute Gasteiger partial charge is 0.317 e. The highest BCUT2D eigenvalue weighted by atomic mass is 36.0. The molecule has 0 saturated carbocycles. The highest BCUT2D eigenvalue weighted by Gasteiger charge is 1.94. The van der Waals surface area contributed by atoms with E-state index in [-0.39, 0.29) is 5.56 Å². The summed E-state index contributed by atoms with van der Waals surface area (Å²) in [6, 6.07) is 7.60. The van der Waals surface area contributed by atoms with Crippen LogP contribution in [0.4, 0.5) is 4.39 Å². The zero-order chi connectivity index (χ0) is 11.2. The molecule has 76 valence electrons. The average molecular weight is 256 g/mol. The second-order valence-corrected chi connectivity index (χ2v) is 5.64. The van der Waals surface area contributed by atoms with Crippen LogP contribution in [-0.2, 0) is 8.26 Å². The van der Waals surface area contributed by atoms with E-state index < -0.39 is 14.1 Å². The van der Waals surface area contributed by atoms with Crippen LogP contribution in [0.2, 0.25) is 0 Å². The molecule has 0 unspecified atom stereocenters. The molecular formula is C7H4Cl2FNO2S. The van der Waals surface area contributed by atoms with Crippen LogP contribution in [0, 0.1) is 17.1 Å². The third-order valence-corrected chi connectivity index (χ3v) is 0.994. The highest BCUT2D eigenvalue weighted by molar-refractivity contribution is 8.31. The van der Waals surface area contributed by atoms with Crippen molar-refractivity contribution in [3.8, 4) is 6.07 Å². The van der Waals surface area contributed by atoms with Crippen LogP contribution < -0.4 is 0 Å². The number of benzene rings is 1. The number of halogens is 3. The standard InChI is InChI=1S/C7H4FN.Cl2O2S/c8-7-4-2-1-3-6(7)5-9;1-5(2,3)4/h1-4H;. The Balaban J connectivity index is 0.000000292. The minimum absolute atomic E-state index is 0.0949. The molecule has 0 fully saturated rings. The fourth-order valence-electron chi connectivity index (χ4n) is 0.552. The predicted octanol–water partition coefficient (Wildman–Crippen LogP) is 2.41. The lowest BCUT2D eigenvalue weighted by atomic mass is 10.2. The molecule has 0 aliphatic carbocycles. The Bertz CT molecular complexity index is 433. The summed E-state index contributed by atoms with van der Waals surface area (Å²) in [5, 5.41) is 8.23. The van der Waals surface area contributed by atoms with Crippen molar-refractivity contribution in [1.29, 1.82) is 5.26 Å². The van der Waals surface area contributed by atoms with Gasteiger partial charge in [0.2, 0.25) is 0 Å². The first-order valence-electron chi connectivity index (χ1n) is 3.13. The van der Waals surface area contributed by atoms with Gasteiger partial charge in [-0.1, -0.05) is 12.1 Å². The summed E-state index contributed by atoms with van der Waals surface area (Å²) < 4.78 is 30.7. The van der Waals surface area contributed by atoms with Gasteiger partial charge in [-0.25, -0.2) is 4.39 Å². The maximum absolute atomic E-state index is 12.4. The van der Waals surface area contributed by atoms with Crippen molar-refractivity contribution in [1.82, 2.24) is 0 Å². The molecule has 7 heteroatoms. The van der Waals surface area contributed by atoms with Gasteiger partial charge >= 0.3 is 8.26 Å². The molecule has 3 nitrogen and oxygen atoms in total. The van der Waals surface area contributed by atoms with E-state index in [1.54, 1.807) is 18.2 Å². The maximum Gasteiger partial charge on any atom is 0.317 e. The van der Waals surface area contributed by atoms with Crippen molar-refractivity contribution in [3.63, 3.8) is 0 Å². The molecule has 0 amide bonds. The molecule has 0 bridgehead atoms. The lowest BCUT2D eigenvalue weighted by Crippen LogP contribution is -1.78. The summed E-state index contributed by atoms with van der Waals surface area (Å²) in [6.07, 6.45) is 0. The van der Waals surface area contributed by atoms with Crippen molar-refractivity contribution < 1.29 is 12.8 Å². The monoisotopic (exact) mass is 255 g/mol. The van der Waals surface area contributed by atoms with Crippen LogP contribution in [0.3, 0.4) is 0 Å². The van der Waals surface area contributed by atoms with Gasteiger partial charge in [-0.05, 0) is 12.1 Å². The van der Waals surface area contributed by atoms with Crippen molar-refractivity contribution in [2.24, 2.45) is 0 Å². The number of nitriles is 1. The number of nitrogens with zero attached hydrogens (tertiary/aromatic N) is 1. The molecule has 0 atom stereocenters. The minimum atomic E-state index is -3.72. The van der Waals surface area contributed by atoms with Crippen LogP contribution in [-0.4, -0.2) is 8.42 Å². The smallest absolute Gasteiger partial charge is 0.206 e. The van der Waals surface area contributed by atoms with E-state index in [2.05, 4.69) is 21.4 Å². The number of hydrogen-bond donors (Lipinski definition) is 0. The van der Waals surface area contributed by atoms with Crippen LogP contribution in [0.15, 0.2) is 24.3 Å². The van der Waals surface area contributed by atoms with E-state index >= 15 is 0 Å². The zero-order valence-corrected chi connectivity index (χ0v) is 8.94. The fourth-order valence-corrected chi connectivity index (χ4v) is 0.552. The van der Waals surface area contributed by atoms with Gasteiger partial charge in [-0.3, -0.25) is 0 Å². The first-order chi connectivity index (χ1) is 6.34. The first-order valence-corrected chi connectivity index (χ1v) is 6.27. The number of rotatable bonds is 0. The second kappa shape index (κ2) is 5.81. The summed E-state index contributed by atoms with van der Waals surface area (Å²) in [5.41, 5.74) is 0.0949. The Hall–Kier alpha value is -0.830. The molecule has 1 aromatic carbocycles. The Morgan fingerprint density at radius 2 is 1.71 bits per heavy atom. The first kappa shape index (κ1) is 13.2. The second-order valence-electron chi connectivity index (χ2n) is 1.97. The fraction of sp³-hybridized carbons (Fsp3) is 0. The maximum atomic E-state index is 12.4. The molecule has 0 aliphatic rings. The zero-order valence-electron chi connectivity index (χ0n) is 6.62. The quantitative estimate of drug-likeness (QED) is 0.669. The van der Waals surface area contributed by atoms with Crippen LogP contribution >= 0.6 is 21.4 Å². The Labute approximate surface area is 89.6 Å². The Kier molecular flexibility index (Phi) is 5.46. The Morgan fingerprint density at radius 1 is 1.29 bits per heavy atom. The third-order valence-electron chi connectivity index (χ3n) is 0.994. The van der Waals surface area contributed by atoms with E-state index in [1.165, 1.54) is 12.1 Å². The van der Waals surface area contributed by atoms with Crippen molar-refractivity contribution in [3.05, 3.63) is 35.6 Å². The van der Waals surface area contributed by atoms with Gasteiger partial charge < -0.3 is 0 Å². The van der Waals surface area contributed by atoms with Gasteiger partial charge in [0.25, 0.3) is 0 Å². The van der Waals surface area contributed by atoms with E-state index in [9.17, 15) is 4.39 Å². The molecule has 1 aromatic rings. The summed E-state index contributed by atoms with van der Waals surface area (Å²) >= 11 is 0. The van der Waals surface area contributed by atoms with Crippen LogP contribution in [0.25, 0.3) is 0 Å². The van der Waals surface area contributed by atoms with E-state index in [0.717, 1.165) is 0 Å². The molecule has 0 aromatic heterocycles. The number of hydrogen-bond acceptors (Lipinski definition) is 3. The van der Waals surface area contributed by atoms with Gasteiger partial charge in [0, 0.05) is 21.4 Å². The average Bonchev–Trinajstić information content (AvgIpc) is 2.02. The van der Waals surface area contributed by atoms with Gasteiger partial charge in [-0.15, -0.1) is 0 Å². The van der Waals surface area contributed by atoms with E-state index in [1.807, 2.05) is 0 Å². The van der Waals surface area contributed by atoms with Crippen molar-refractivity contribution in [2.75, 3.05) is 0 Å². The third kappa shape index (κ3) is 7.80. The van der Waals surface area contributed by atoms with Gasteiger partial charge in [0.15, 0.2) is 0 Å². The normalized spacial score (nSPS) is 9.57. The topological polar surface area (TPSA) is 57.9 Å². The molecular weight excluding hydrogens is 252 g/mol. The van der Waals surface area contributed by atoms with Crippen LogP contribution in [0.1, 0.15) is 5.56 Å². The summed E-state index contributed by atoms with van der Waals surface area (Å²) in [6.45, 7) is 0. The minimum Gasteiger partial charge on any atom is -0.206 e. The van der Waals surface area contributed by atoms with Gasteiger partial charge in [-0.2, -0.15) is 13.7 Å². The van der Waals surface area contributed by atoms with Gasteiger partial charge in [0.1, 0.15) is 11.9 Å². The highest BCUT2D eigenvalue weighted by Crippen LogP contribution is 2.02. The van der Waals surface area contributed by atoms with Crippen LogP contribution in [0.5, 0.6) is 0 Å². The van der Waals surface area contributed by atoms with Gasteiger partial charge in [0.05, 0.1) is 5.56 Å². The Morgan fingerprint density at radius 3 is 2.00 bits per heavy atom. The lowest BCUT2D eigenvalue weighted by molar-refractivity contribution is 0.621. The molecule has 0 saturated heterocycles. The molecule has 0 spiro atoms.